The van der Waals surface area contributed by atoms with Gasteiger partial charge in [0.05, 0.1) is 18.0 Å². The molecule has 5 nitrogen and oxygen atoms in total. The summed E-state index contributed by atoms with van der Waals surface area (Å²) >= 11 is 0. The second kappa shape index (κ2) is 6.43. The first-order chi connectivity index (χ1) is 9.96. The predicted molar refractivity (Wildman–Crippen MR) is 79.2 cm³/mol. The fourth-order valence-electron chi connectivity index (χ4n) is 2.06. The average molecular weight is 309 g/mol. The molecule has 0 aliphatic carbocycles. The van der Waals surface area contributed by atoms with Gasteiger partial charge in [-0.2, -0.15) is 0 Å². The SMILES string of the molecule is CCc1ccc(CO)cc1S(=O)(=O)NCc1ccc(C)o1. The maximum Gasteiger partial charge on any atom is 0.241 e. The van der Waals surface area contributed by atoms with Crippen LogP contribution in [0.3, 0.4) is 0 Å². The van der Waals surface area contributed by atoms with E-state index in [1.54, 1.807) is 31.2 Å². The topological polar surface area (TPSA) is 79.5 Å². The summed E-state index contributed by atoms with van der Waals surface area (Å²) in [5.41, 5.74) is 1.29. The fraction of sp³-hybridized carbons (Fsp3) is 0.333. The Bertz CT molecular complexity index is 719. The van der Waals surface area contributed by atoms with Gasteiger partial charge in [0.1, 0.15) is 11.5 Å². The molecule has 1 aromatic heterocycles. The van der Waals surface area contributed by atoms with Crippen molar-refractivity contribution in [1.82, 2.24) is 4.72 Å². The molecule has 0 saturated heterocycles. The summed E-state index contributed by atoms with van der Waals surface area (Å²) < 4.78 is 32.7. The molecule has 1 aromatic carbocycles. The number of rotatable bonds is 6. The van der Waals surface area contributed by atoms with Crippen LogP contribution in [0.2, 0.25) is 0 Å². The van der Waals surface area contributed by atoms with Gasteiger partial charge < -0.3 is 9.52 Å². The van der Waals surface area contributed by atoms with Crippen LogP contribution < -0.4 is 4.72 Å². The average Bonchev–Trinajstić information content (AvgIpc) is 2.90. The van der Waals surface area contributed by atoms with Gasteiger partial charge in [-0.25, -0.2) is 13.1 Å². The molecule has 2 N–H and O–H groups in total. The number of aliphatic hydroxyl groups is 1. The van der Waals surface area contributed by atoms with Crippen LogP contribution in [0, 0.1) is 6.92 Å². The second-order valence-corrected chi connectivity index (χ2v) is 6.53. The minimum absolute atomic E-state index is 0.0999. The molecule has 0 aliphatic rings. The Balaban J connectivity index is 2.26. The molecule has 0 atom stereocenters. The molecule has 0 amide bonds. The molecule has 0 saturated carbocycles. The maximum atomic E-state index is 12.4. The molecule has 0 spiro atoms. The molecule has 0 radical (unpaired) electrons. The normalized spacial score (nSPS) is 11.8. The molecule has 0 aliphatic heterocycles. The molecule has 2 rings (SSSR count). The number of aryl methyl sites for hydroxylation is 2. The highest BCUT2D eigenvalue weighted by Crippen LogP contribution is 2.19. The first-order valence-electron chi connectivity index (χ1n) is 6.74. The summed E-state index contributed by atoms with van der Waals surface area (Å²) in [7, 11) is -3.65. The van der Waals surface area contributed by atoms with E-state index in [2.05, 4.69) is 4.72 Å². The van der Waals surface area contributed by atoms with Crippen molar-refractivity contribution in [3.8, 4) is 0 Å². The highest BCUT2D eigenvalue weighted by atomic mass is 32.2. The number of nitrogens with one attached hydrogen (secondary N) is 1. The van der Waals surface area contributed by atoms with Gasteiger partial charge in [0.25, 0.3) is 0 Å². The number of furan rings is 1. The van der Waals surface area contributed by atoms with Crippen LogP contribution in [0.15, 0.2) is 39.6 Å². The van der Waals surface area contributed by atoms with Crippen LogP contribution in [0.4, 0.5) is 0 Å². The predicted octanol–water partition coefficient (Wildman–Crippen LogP) is 2.12. The molecule has 2 aromatic rings. The molecule has 21 heavy (non-hydrogen) atoms. The van der Waals surface area contributed by atoms with Gasteiger partial charge in [-0.15, -0.1) is 0 Å². The van der Waals surface area contributed by atoms with E-state index in [9.17, 15) is 13.5 Å². The van der Waals surface area contributed by atoms with E-state index in [0.717, 1.165) is 11.3 Å². The van der Waals surface area contributed by atoms with Crippen LogP contribution in [0.5, 0.6) is 0 Å². The molecule has 6 heteroatoms. The van der Waals surface area contributed by atoms with E-state index in [1.165, 1.54) is 6.07 Å². The van der Waals surface area contributed by atoms with E-state index in [0.29, 0.717) is 17.7 Å². The molecule has 0 unspecified atom stereocenters. The Morgan fingerprint density at radius 1 is 1.24 bits per heavy atom. The smallest absolute Gasteiger partial charge is 0.241 e. The van der Waals surface area contributed by atoms with Gasteiger partial charge in [-0.1, -0.05) is 19.1 Å². The molecular formula is C15H19NO4S. The van der Waals surface area contributed by atoms with Crippen LogP contribution in [0.1, 0.15) is 29.6 Å². The second-order valence-electron chi connectivity index (χ2n) is 4.79. The third-order valence-corrected chi connectivity index (χ3v) is 4.70. The van der Waals surface area contributed by atoms with Crippen molar-refractivity contribution in [3.05, 3.63) is 53.0 Å². The zero-order valence-electron chi connectivity index (χ0n) is 12.1. The van der Waals surface area contributed by atoms with Crippen molar-refractivity contribution >= 4 is 10.0 Å². The van der Waals surface area contributed by atoms with E-state index in [4.69, 9.17) is 4.42 Å². The lowest BCUT2D eigenvalue weighted by Crippen LogP contribution is -2.24. The lowest BCUT2D eigenvalue weighted by molar-refractivity contribution is 0.281. The molecule has 0 fully saturated rings. The molecular weight excluding hydrogens is 290 g/mol. The van der Waals surface area contributed by atoms with Crippen molar-refractivity contribution < 1.29 is 17.9 Å². The van der Waals surface area contributed by atoms with E-state index in [-0.39, 0.29) is 18.0 Å². The minimum atomic E-state index is -3.65. The third kappa shape index (κ3) is 3.72. The van der Waals surface area contributed by atoms with Gasteiger partial charge in [0.2, 0.25) is 10.0 Å². The van der Waals surface area contributed by atoms with E-state index in [1.807, 2.05) is 6.92 Å². The van der Waals surface area contributed by atoms with Crippen molar-refractivity contribution in [2.24, 2.45) is 0 Å². The van der Waals surface area contributed by atoms with Gasteiger partial charge in [-0.05, 0) is 42.7 Å². The number of hydrogen-bond acceptors (Lipinski definition) is 4. The summed E-state index contributed by atoms with van der Waals surface area (Å²) in [6, 6.07) is 8.50. The Labute approximate surface area is 124 Å². The van der Waals surface area contributed by atoms with Crippen LogP contribution >= 0.6 is 0 Å². The lowest BCUT2D eigenvalue weighted by atomic mass is 10.1. The number of hydrogen-bond donors (Lipinski definition) is 2. The van der Waals surface area contributed by atoms with E-state index < -0.39 is 10.0 Å². The molecule has 1 heterocycles. The minimum Gasteiger partial charge on any atom is -0.465 e. The number of sulfonamides is 1. The van der Waals surface area contributed by atoms with Crippen molar-refractivity contribution in [1.29, 1.82) is 0 Å². The molecule has 0 bridgehead atoms. The van der Waals surface area contributed by atoms with Gasteiger partial charge in [0, 0.05) is 0 Å². The number of benzene rings is 1. The monoisotopic (exact) mass is 309 g/mol. The molecule has 114 valence electrons. The zero-order valence-corrected chi connectivity index (χ0v) is 12.9. The van der Waals surface area contributed by atoms with Crippen LogP contribution in [-0.4, -0.2) is 13.5 Å². The van der Waals surface area contributed by atoms with Crippen molar-refractivity contribution in [3.63, 3.8) is 0 Å². The zero-order chi connectivity index (χ0) is 15.5. The Morgan fingerprint density at radius 2 is 2.00 bits per heavy atom. The van der Waals surface area contributed by atoms with Crippen LogP contribution in [0.25, 0.3) is 0 Å². The fourth-order valence-corrected chi connectivity index (χ4v) is 3.42. The van der Waals surface area contributed by atoms with Crippen molar-refractivity contribution in [2.75, 3.05) is 0 Å². The maximum absolute atomic E-state index is 12.4. The van der Waals surface area contributed by atoms with E-state index >= 15 is 0 Å². The summed E-state index contributed by atoms with van der Waals surface area (Å²) in [6.07, 6.45) is 0.599. The highest BCUT2D eigenvalue weighted by Gasteiger charge is 2.18. The van der Waals surface area contributed by atoms with Gasteiger partial charge >= 0.3 is 0 Å². The van der Waals surface area contributed by atoms with Gasteiger partial charge in [-0.3, -0.25) is 0 Å². The Kier molecular flexibility index (Phi) is 4.82. The third-order valence-electron chi connectivity index (χ3n) is 3.22. The lowest BCUT2D eigenvalue weighted by Gasteiger charge is -2.11. The summed E-state index contributed by atoms with van der Waals surface area (Å²) in [5, 5.41) is 9.17. The standard InChI is InChI=1S/C15H19NO4S/c1-3-13-6-5-12(10-17)8-15(13)21(18,19)16-9-14-7-4-11(2)20-14/h4-8,16-17H,3,9-10H2,1-2H3. The number of aliphatic hydroxyl groups excluding tert-OH is 1. The van der Waals surface area contributed by atoms with Crippen LogP contribution in [-0.2, 0) is 29.6 Å². The summed E-state index contributed by atoms with van der Waals surface area (Å²) in [6.45, 7) is 3.60. The Morgan fingerprint density at radius 3 is 2.57 bits per heavy atom. The summed E-state index contributed by atoms with van der Waals surface area (Å²) in [4.78, 5) is 0.208. The largest absolute Gasteiger partial charge is 0.465 e. The van der Waals surface area contributed by atoms with Crippen molar-refractivity contribution in [2.45, 2.75) is 38.3 Å². The summed E-state index contributed by atoms with van der Waals surface area (Å²) in [5.74, 6) is 1.30. The van der Waals surface area contributed by atoms with Gasteiger partial charge in [0.15, 0.2) is 0 Å². The Hall–Kier alpha value is -1.63. The first kappa shape index (κ1) is 15.8. The quantitative estimate of drug-likeness (QED) is 0.856. The highest BCUT2D eigenvalue weighted by molar-refractivity contribution is 7.89. The first-order valence-corrected chi connectivity index (χ1v) is 8.22.